The van der Waals surface area contributed by atoms with Gasteiger partial charge in [0.05, 0.1) is 32.5 Å². The highest BCUT2D eigenvalue weighted by Crippen LogP contribution is 2.61. The zero-order valence-electron chi connectivity index (χ0n) is 22.2. The molecule has 0 unspecified atom stereocenters. The molecule has 0 spiro atoms. The van der Waals surface area contributed by atoms with Crippen molar-refractivity contribution in [2.75, 3.05) is 39.6 Å². The summed E-state index contributed by atoms with van der Waals surface area (Å²) in [5, 5.41) is 25.0. The third-order valence-corrected chi connectivity index (χ3v) is 9.25. The SMILES string of the molecule is C[C@]12CC[C@@H]3c4ccc(O)c(-c5ccc(OCCOCCOCCN=[N+]=[N-])cc5)c4CC[C@H]3[C@@H]1CC[C@H]2O. The second kappa shape index (κ2) is 12.0. The Morgan fingerprint density at radius 1 is 0.974 bits per heavy atom. The number of benzene rings is 2. The molecule has 204 valence electrons. The predicted molar refractivity (Wildman–Crippen MR) is 145 cm³/mol. The molecule has 0 aliphatic heterocycles. The Morgan fingerprint density at radius 3 is 2.53 bits per heavy atom. The minimum atomic E-state index is -0.159. The Hall–Kier alpha value is -2.77. The number of azide groups is 1. The molecule has 3 aliphatic carbocycles. The van der Waals surface area contributed by atoms with Crippen molar-refractivity contribution in [1.82, 2.24) is 0 Å². The second-order valence-electron chi connectivity index (χ2n) is 11.1. The molecule has 0 saturated heterocycles. The summed E-state index contributed by atoms with van der Waals surface area (Å²) in [6.45, 7) is 4.82. The lowest BCUT2D eigenvalue weighted by atomic mass is 9.55. The van der Waals surface area contributed by atoms with E-state index in [1.807, 2.05) is 30.3 Å². The fourth-order valence-corrected chi connectivity index (χ4v) is 7.36. The number of aliphatic hydroxyl groups excluding tert-OH is 1. The van der Waals surface area contributed by atoms with Gasteiger partial charge in [-0.3, -0.25) is 0 Å². The van der Waals surface area contributed by atoms with E-state index in [1.165, 1.54) is 11.1 Å². The topological polar surface area (TPSA) is 117 Å². The molecule has 0 heterocycles. The number of aliphatic hydroxyl groups is 1. The van der Waals surface area contributed by atoms with Crippen molar-refractivity contribution in [1.29, 1.82) is 0 Å². The Kier molecular flexibility index (Phi) is 8.44. The van der Waals surface area contributed by atoms with Crippen LogP contribution in [-0.4, -0.2) is 55.9 Å². The van der Waals surface area contributed by atoms with Gasteiger partial charge in [-0.15, -0.1) is 0 Å². The lowest BCUT2D eigenvalue weighted by Gasteiger charge is -2.50. The second-order valence-corrected chi connectivity index (χ2v) is 11.1. The van der Waals surface area contributed by atoms with Crippen molar-refractivity contribution >= 4 is 0 Å². The maximum atomic E-state index is 10.9. The maximum Gasteiger partial charge on any atom is 0.123 e. The first-order valence-electron chi connectivity index (χ1n) is 14.0. The number of rotatable bonds is 11. The third-order valence-electron chi connectivity index (χ3n) is 9.25. The molecule has 8 nitrogen and oxygen atoms in total. The van der Waals surface area contributed by atoms with Crippen molar-refractivity contribution in [3.63, 3.8) is 0 Å². The molecule has 0 amide bonds. The summed E-state index contributed by atoms with van der Waals surface area (Å²) in [6, 6.07) is 12.0. The lowest BCUT2D eigenvalue weighted by Crippen LogP contribution is -2.44. The van der Waals surface area contributed by atoms with Gasteiger partial charge >= 0.3 is 0 Å². The molecular formula is C30H39N3O5. The summed E-state index contributed by atoms with van der Waals surface area (Å²) in [6.07, 6.45) is 6.20. The van der Waals surface area contributed by atoms with Gasteiger partial charge in [-0.2, -0.15) is 0 Å². The van der Waals surface area contributed by atoms with Gasteiger partial charge in [0.2, 0.25) is 0 Å². The van der Waals surface area contributed by atoms with Gasteiger partial charge in [0, 0.05) is 17.0 Å². The van der Waals surface area contributed by atoms with Gasteiger partial charge in [-0.25, -0.2) is 0 Å². The molecule has 0 aromatic heterocycles. The first-order valence-corrected chi connectivity index (χ1v) is 14.0. The van der Waals surface area contributed by atoms with E-state index in [1.54, 1.807) is 0 Å². The normalized spacial score (nSPS) is 27.6. The molecule has 2 N–H and O–H groups in total. The van der Waals surface area contributed by atoms with Crippen molar-refractivity contribution in [2.45, 2.75) is 57.5 Å². The van der Waals surface area contributed by atoms with Crippen LogP contribution in [-0.2, 0) is 15.9 Å². The molecule has 5 atom stereocenters. The molecule has 8 heteroatoms. The number of phenolic OH excluding ortho intramolecular Hbond substituents is 1. The number of fused-ring (bicyclic) bond motifs is 5. The van der Waals surface area contributed by atoms with Crippen LogP contribution in [0.4, 0.5) is 0 Å². The molecule has 2 saturated carbocycles. The van der Waals surface area contributed by atoms with Gasteiger partial charge in [-0.05, 0) is 102 Å². The average Bonchev–Trinajstić information content (AvgIpc) is 3.24. The van der Waals surface area contributed by atoms with Crippen LogP contribution in [0.5, 0.6) is 11.5 Å². The van der Waals surface area contributed by atoms with Gasteiger partial charge in [-0.1, -0.05) is 30.2 Å². The van der Waals surface area contributed by atoms with Crippen LogP contribution in [0.1, 0.15) is 56.1 Å². The summed E-state index contributed by atoms with van der Waals surface area (Å²) >= 11 is 0. The molecule has 5 rings (SSSR count). The number of phenols is 1. The van der Waals surface area contributed by atoms with E-state index in [0.717, 1.165) is 55.4 Å². The molecule has 3 aliphatic rings. The zero-order chi connectivity index (χ0) is 26.5. The van der Waals surface area contributed by atoms with E-state index >= 15 is 0 Å². The fourth-order valence-electron chi connectivity index (χ4n) is 7.36. The molecule has 2 fully saturated rings. The van der Waals surface area contributed by atoms with Gasteiger partial charge < -0.3 is 24.4 Å². The summed E-state index contributed by atoms with van der Waals surface area (Å²) in [5.74, 6) is 2.83. The van der Waals surface area contributed by atoms with Crippen molar-refractivity contribution < 1.29 is 24.4 Å². The summed E-state index contributed by atoms with van der Waals surface area (Å²) in [5.41, 5.74) is 12.9. The van der Waals surface area contributed by atoms with Crippen LogP contribution in [0.2, 0.25) is 0 Å². The van der Waals surface area contributed by atoms with Crippen molar-refractivity contribution in [2.24, 2.45) is 22.4 Å². The fraction of sp³-hybridized carbons (Fsp3) is 0.600. The average molecular weight is 522 g/mol. The highest BCUT2D eigenvalue weighted by atomic mass is 16.5. The molecular weight excluding hydrogens is 482 g/mol. The Labute approximate surface area is 224 Å². The maximum absolute atomic E-state index is 10.9. The smallest absolute Gasteiger partial charge is 0.123 e. The van der Waals surface area contributed by atoms with Gasteiger partial charge in [0.25, 0.3) is 0 Å². The highest BCUT2D eigenvalue weighted by Gasteiger charge is 2.54. The van der Waals surface area contributed by atoms with Crippen LogP contribution in [0.25, 0.3) is 21.6 Å². The molecule has 2 aromatic rings. The first kappa shape index (κ1) is 26.8. The van der Waals surface area contributed by atoms with E-state index in [2.05, 4.69) is 23.0 Å². The molecule has 2 aromatic carbocycles. The highest BCUT2D eigenvalue weighted by molar-refractivity contribution is 5.76. The minimum absolute atomic E-state index is 0.0706. The van der Waals surface area contributed by atoms with E-state index in [-0.39, 0.29) is 11.5 Å². The monoisotopic (exact) mass is 521 g/mol. The van der Waals surface area contributed by atoms with Crippen LogP contribution >= 0.6 is 0 Å². The van der Waals surface area contributed by atoms with Gasteiger partial charge in [0.1, 0.15) is 18.1 Å². The van der Waals surface area contributed by atoms with E-state index in [9.17, 15) is 10.2 Å². The molecule has 38 heavy (non-hydrogen) atoms. The van der Waals surface area contributed by atoms with Crippen molar-refractivity contribution in [3.05, 3.63) is 58.0 Å². The quantitative estimate of drug-likeness (QED) is 0.163. The largest absolute Gasteiger partial charge is 0.507 e. The first-order chi connectivity index (χ1) is 18.5. The number of hydrogen-bond acceptors (Lipinski definition) is 6. The molecule has 0 bridgehead atoms. The van der Waals surface area contributed by atoms with Gasteiger partial charge in [0.15, 0.2) is 0 Å². The number of hydrogen-bond donors (Lipinski definition) is 2. The summed E-state index contributed by atoms with van der Waals surface area (Å²) in [4.78, 5) is 2.67. The number of aromatic hydroxyl groups is 1. The Bertz CT molecular complexity index is 1150. The van der Waals surface area contributed by atoms with Crippen molar-refractivity contribution in [3.8, 4) is 22.6 Å². The third kappa shape index (κ3) is 5.36. The van der Waals surface area contributed by atoms with E-state index in [4.69, 9.17) is 19.7 Å². The summed E-state index contributed by atoms with van der Waals surface area (Å²) in [7, 11) is 0. The lowest BCUT2D eigenvalue weighted by molar-refractivity contribution is -0.0225. The molecule has 0 radical (unpaired) electrons. The Morgan fingerprint density at radius 2 is 1.74 bits per heavy atom. The summed E-state index contributed by atoms with van der Waals surface area (Å²) < 4.78 is 16.6. The predicted octanol–water partition coefficient (Wildman–Crippen LogP) is 6.00. The zero-order valence-corrected chi connectivity index (χ0v) is 22.2. The van der Waals surface area contributed by atoms with Crippen LogP contribution < -0.4 is 4.74 Å². The van der Waals surface area contributed by atoms with E-state index in [0.29, 0.717) is 63.1 Å². The van der Waals surface area contributed by atoms with E-state index < -0.39 is 0 Å². The minimum Gasteiger partial charge on any atom is -0.507 e. The Balaban J connectivity index is 1.19. The number of ether oxygens (including phenoxy) is 3. The van der Waals surface area contributed by atoms with Crippen LogP contribution in [0.3, 0.4) is 0 Å². The standard InChI is InChI=1S/C30H39N3O5/c1-30-13-12-23-22-8-10-27(34)29(25(22)7-6-24(23)26(30)9-11-28(30)35)20-2-4-21(5-3-20)38-19-18-37-17-16-36-15-14-32-33-31/h2-5,8,10,23-24,26,28,34-35H,6-7,9,11-19H2,1H3/t23-,24-,26+,28-,30+/m1/s1. The van der Waals surface area contributed by atoms with Crippen LogP contribution in [0.15, 0.2) is 41.5 Å². The number of nitrogens with zero attached hydrogens (tertiary/aromatic N) is 3. The van der Waals surface area contributed by atoms with Crippen LogP contribution in [0, 0.1) is 17.3 Å².